The largest absolute Gasteiger partial charge is 0.292 e. The maximum absolute atomic E-state index is 11.7. The fourth-order valence-electron chi connectivity index (χ4n) is 1.15. The van der Waals surface area contributed by atoms with Crippen LogP contribution in [0.5, 0.6) is 0 Å². The van der Waals surface area contributed by atoms with Crippen LogP contribution in [-0.4, -0.2) is 15.8 Å². The molecule has 0 fully saturated rings. The van der Waals surface area contributed by atoms with E-state index in [0.717, 1.165) is 12.1 Å². The molecule has 82 valence electrons. The minimum atomic E-state index is 0.0809. The zero-order valence-corrected chi connectivity index (χ0v) is 9.87. The first-order chi connectivity index (χ1) is 6.88. The molecular weight excluding hydrogens is 188 g/mol. The number of aryl methyl sites for hydroxylation is 1. The fraction of sp³-hybridized carbons (Fsp3) is 0.583. The topological polar surface area (TPSA) is 42.9 Å². The van der Waals surface area contributed by atoms with Crippen molar-refractivity contribution < 1.29 is 4.79 Å². The Hall–Kier alpha value is -1.25. The highest BCUT2D eigenvalue weighted by atomic mass is 16.1. The van der Waals surface area contributed by atoms with Crippen LogP contribution in [0.25, 0.3) is 0 Å². The molecule has 0 saturated heterocycles. The van der Waals surface area contributed by atoms with E-state index in [1.165, 1.54) is 0 Å². The van der Waals surface area contributed by atoms with Crippen LogP contribution in [0.2, 0.25) is 0 Å². The third kappa shape index (κ3) is 4.19. The Morgan fingerprint density at radius 1 is 1.27 bits per heavy atom. The summed E-state index contributed by atoms with van der Waals surface area (Å²) >= 11 is 0. The summed E-state index contributed by atoms with van der Waals surface area (Å²) in [5.74, 6) is 0.0809. The minimum Gasteiger partial charge on any atom is -0.292 e. The molecule has 0 atom stereocenters. The molecule has 1 heterocycles. The van der Waals surface area contributed by atoms with E-state index in [0.29, 0.717) is 12.1 Å². The van der Waals surface area contributed by atoms with Crippen molar-refractivity contribution in [1.29, 1.82) is 0 Å². The lowest BCUT2D eigenvalue weighted by molar-refractivity contribution is 0.0960. The Morgan fingerprint density at radius 2 is 1.93 bits per heavy atom. The zero-order chi connectivity index (χ0) is 11.5. The molecular formula is C12H18N2O. The van der Waals surface area contributed by atoms with E-state index in [2.05, 4.69) is 30.7 Å². The van der Waals surface area contributed by atoms with Crippen molar-refractivity contribution in [2.24, 2.45) is 5.41 Å². The first-order valence-corrected chi connectivity index (χ1v) is 5.20. The molecule has 0 aliphatic carbocycles. The van der Waals surface area contributed by atoms with Crippen LogP contribution < -0.4 is 0 Å². The molecule has 0 spiro atoms. The average Bonchev–Trinajstić information content (AvgIpc) is 2.14. The van der Waals surface area contributed by atoms with Gasteiger partial charge in [-0.15, -0.1) is 0 Å². The molecule has 0 bridgehead atoms. The standard InChI is InChI=1S/C12H18N2O/c1-9-7-14-10(8-13-9)11(15)5-6-12(2,3)4/h7-8H,5-6H2,1-4H3. The number of Topliss-reactive ketones (excluding diaryl/α,β-unsaturated/α-hetero) is 1. The number of carbonyl (C=O) groups is 1. The third-order valence-electron chi connectivity index (χ3n) is 2.17. The van der Waals surface area contributed by atoms with Crippen LogP contribution in [0.1, 0.15) is 49.8 Å². The molecule has 1 aromatic heterocycles. The molecule has 1 rings (SSSR count). The zero-order valence-electron chi connectivity index (χ0n) is 9.87. The Morgan fingerprint density at radius 3 is 2.40 bits per heavy atom. The summed E-state index contributed by atoms with van der Waals surface area (Å²) in [6.07, 6.45) is 4.60. The molecule has 0 aliphatic heterocycles. The van der Waals surface area contributed by atoms with Crippen molar-refractivity contribution in [3.05, 3.63) is 23.8 Å². The van der Waals surface area contributed by atoms with Gasteiger partial charge in [-0.25, -0.2) is 4.98 Å². The number of ketones is 1. The summed E-state index contributed by atoms with van der Waals surface area (Å²) in [5.41, 5.74) is 1.50. The molecule has 15 heavy (non-hydrogen) atoms. The summed E-state index contributed by atoms with van der Waals surface area (Å²) in [6, 6.07) is 0. The molecule has 0 amide bonds. The summed E-state index contributed by atoms with van der Waals surface area (Å²) in [5, 5.41) is 0. The lowest BCUT2D eigenvalue weighted by Crippen LogP contribution is -2.10. The molecule has 0 aliphatic rings. The van der Waals surface area contributed by atoms with Gasteiger partial charge in [-0.3, -0.25) is 9.78 Å². The van der Waals surface area contributed by atoms with E-state index in [-0.39, 0.29) is 11.2 Å². The number of rotatable bonds is 3. The number of hydrogen-bond donors (Lipinski definition) is 0. The van der Waals surface area contributed by atoms with Gasteiger partial charge in [0.1, 0.15) is 5.69 Å². The van der Waals surface area contributed by atoms with Crippen molar-refractivity contribution in [3.8, 4) is 0 Å². The molecule has 0 radical (unpaired) electrons. The van der Waals surface area contributed by atoms with Crippen molar-refractivity contribution in [1.82, 2.24) is 9.97 Å². The van der Waals surface area contributed by atoms with Gasteiger partial charge in [0.15, 0.2) is 5.78 Å². The summed E-state index contributed by atoms with van der Waals surface area (Å²) in [6.45, 7) is 8.24. The monoisotopic (exact) mass is 206 g/mol. The Balaban J connectivity index is 2.58. The molecule has 0 N–H and O–H groups in total. The van der Waals surface area contributed by atoms with Crippen molar-refractivity contribution in [2.75, 3.05) is 0 Å². The van der Waals surface area contributed by atoms with E-state index in [1.54, 1.807) is 12.4 Å². The first kappa shape index (κ1) is 11.8. The van der Waals surface area contributed by atoms with Crippen LogP contribution in [0.3, 0.4) is 0 Å². The smallest absolute Gasteiger partial charge is 0.182 e. The molecule has 0 saturated carbocycles. The highest BCUT2D eigenvalue weighted by Crippen LogP contribution is 2.21. The SMILES string of the molecule is Cc1cnc(C(=O)CCC(C)(C)C)cn1. The van der Waals surface area contributed by atoms with Gasteiger partial charge >= 0.3 is 0 Å². The Labute approximate surface area is 91.0 Å². The Kier molecular flexibility index (Phi) is 3.56. The number of hydrogen-bond acceptors (Lipinski definition) is 3. The maximum Gasteiger partial charge on any atom is 0.182 e. The van der Waals surface area contributed by atoms with Crippen LogP contribution >= 0.6 is 0 Å². The van der Waals surface area contributed by atoms with Gasteiger partial charge in [0.25, 0.3) is 0 Å². The molecule has 3 heteroatoms. The lowest BCUT2D eigenvalue weighted by atomic mass is 9.89. The van der Waals surface area contributed by atoms with E-state index in [4.69, 9.17) is 0 Å². The highest BCUT2D eigenvalue weighted by Gasteiger charge is 2.14. The van der Waals surface area contributed by atoms with Gasteiger partial charge in [-0.1, -0.05) is 20.8 Å². The average molecular weight is 206 g/mol. The summed E-state index contributed by atoms with van der Waals surface area (Å²) in [4.78, 5) is 19.8. The molecule has 0 unspecified atom stereocenters. The van der Waals surface area contributed by atoms with Crippen molar-refractivity contribution in [3.63, 3.8) is 0 Å². The van der Waals surface area contributed by atoms with Gasteiger partial charge in [0.2, 0.25) is 0 Å². The number of carbonyl (C=O) groups excluding carboxylic acids is 1. The van der Waals surface area contributed by atoms with Crippen LogP contribution in [0, 0.1) is 12.3 Å². The van der Waals surface area contributed by atoms with E-state index in [1.807, 2.05) is 6.92 Å². The molecule has 0 aromatic carbocycles. The summed E-state index contributed by atoms with van der Waals surface area (Å²) in [7, 11) is 0. The van der Waals surface area contributed by atoms with Gasteiger partial charge in [0, 0.05) is 12.6 Å². The predicted octanol–water partition coefficient (Wildman–Crippen LogP) is 2.79. The van der Waals surface area contributed by atoms with Crippen molar-refractivity contribution in [2.45, 2.75) is 40.5 Å². The van der Waals surface area contributed by atoms with Crippen LogP contribution in [0.15, 0.2) is 12.4 Å². The van der Waals surface area contributed by atoms with E-state index >= 15 is 0 Å². The lowest BCUT2D eigenvalue weighted by Gasteiger charge is -2.16. The highest BCUT2D eigenvalue weighted by molar-refractivity contribution is 5.93. The second kappa shape index (κ2) is 4.51. The summed E-state index contributed by atoms with van der Waals surface area (Å²) < 4.78 is 0. The molecule has 3 nitrogen and oxygen atoms in total. The molecule has 1 aromatic rings. The van der Waals surface area contributed by atoms with Crippen LogP contribution in [-0.2, 0) is 0 Å². The van der Waals surface area contributed by atoms with Crippen molar-refractivity contribution >= 4 is 5.78 Å². The second-order valence-corrected chi connectivity index (χ2v) is 5.03. The quantitative estimate of drug-likeness (QED) is 0.714. The predicted molar refractivity (Wildman–Crippen MR) is 59.8 cm³/mol. The van der Waals surface area contributed by atoms with E-state index in [9.17, 15) is 4.79 Å². The second-order valence-electron chi connectivity index (χ2n) is 5.03. The number of aromatic nitrogens is 2. The van der Waals surface area contributed by atoms with Gasteiger partial charge in [-0.05, 0) is 18.8 Å². The van der Waals surface area contributed by atoms with Gasteiger partial charge in [0.05, 0.1) is 11.9 Å². The number of nitrogens with zero attached hydrogens (tertiary/aromatic N) is 2. The third-order valence-corrected chi connectivity index (χ3v) is 2.17. The minimum absolute atomic E-state index is 0.0809. The Bertz CT molecular complexity index is 336. The first-order valence-electron chi connectivity index (χ1n) is 5.20. The van der Waals surface area contributed by atoms with Crippen LogP contribution in [0.4, 0.5) is 0 Å². The van der Waals surface area contributed by atoms with Gasteiger partial charge < -0.3 is 0 Å². The van der Waals surface area contributed by atoms with E-state index < -0.39 is 0 Å². The maximum atomic E-state index is 11.7. The fourth-order valence-corrected chi connectivity index (χ4v) is 1.15. The normalized spacial score (nSPS) is 11.5. The van der Waals surface area contributed by atoms with Gasteiger partial charge in [-0.2, -0.15) is 0 Å².